The first-order chi connectivity index (χ1) is 5.63. The Morgan fingerprint density at radius 1 is 1.58 bits per heavy atom. The average Bonchev–Trinajstić information content (AvgIpc) is 2.01. The Kier molecular flexibility index (Phi) is 2.76. The Labute approximate surface area is 75.7 Å². The zero-order valence-corrected chi connectivity index (χ0v) is 7.67. The number of nitroso groups, excluding NO2 is 1. The van der Waals surface area contributed by atoms with Crippen LogP contribution in [0, 0.1) is 11.8 Å². The zero-order chi connectivity index (χ0) is 9.14. The predicted molar refractivity (Wildman–Crippen MR) is 48.2 cm³/mol. The zero-order valence-electron chi connectivity index (χ0n) is 6.91. The molecule has 64 valence electrons. The van der Waals surface area contributed by atoms with Gasteiger partial charge in [0.05, 0.1) is 5.69 Å². The van der Waals surface area contributed by atoms with E-state index < -0.39 is 6.04 Å². The molecule has 1 heterocycles. The number of rotatable bonds is 2. The van der Waals surface area contributed by atoms with E-state index in [1.165, 1.54) is 0 Å². The van der Waals surface area contributed by atoms with Gasteiger partial charge < -0.3 is 0 Å². The smallest absolute Gasteiger partial charge is 0.131 e. The standard InChI is InChI=1S/C8H9ClN2O/c1-5-3-7(9)4-8(10-5)6(2)11-12/h3-4,6H,1-2H3. The van der Waals surface area contributed by atoms with Crippen LogP contribution in [-0.4, -0.2) is 4.98 Å². The van der Waals surface area contributed by atoms with Crippen LogP contribution in [0.5, 0.6) is 0 Å². The quantitative estimate of drug-likeness (QED) is 0.664. The number of nitrogens with zero attached hydrogens (tertiary/aromatic N) is 2. The fraction of sp³-hybridized carbons (Fsp3) is 0.375. The van der Waals surface area contributed by atoms with Gasteiger partial charge in [0.15, 0.2) is 0 Å². The molecule has 0 spiro atoms. The second kappa shape index (κ2) is 3.63. The lowest BCUT2D eigenvalue weighted by atomic mass is 10.2. The van der Waals surface area contributed by atoms with Crippen molar-refractivity contribution in [2.75, 3.05) is 0 Å². The number of pyridine rings is 1. The van der Waals surface area contributed by atoms with Crippen LogP contribution in [0.15, 0.2) is 17.3 Å². The van der Waals surface area contributed by atoms with Crippen LogP contribution in [0.1, 0.15) is 24.4 Å². The topological polar surface area (TPSA) is 42.3 Å². The molecule has 1 aromatic rings. The van der Waals surface area contributed by atoms with Gasteiger partial charge in [-0.3, -0.25) is 4.98 Å². The molecule has 0 fully saturated rings. The van der Waals surface area contributed by atoms with E-state index in [1.807, 2.05) is 6.92 Å². The maximum Gasteiger partial charge on any atom is 0.131 e. The van der Waals surface area contributed by atoms with Gasteiger partial charge in [-0.1, -0.05) is 16.8 Å². The van der Waals surface area contributed by atoms with Crippen molar-refractivity contribution in [2.45, 2.75) is 19.9 Å². The number of hydrogen-bond acceptors (Lipinski definition) is 3. The molecule has 4 heteroatoms. The third kappa shape index (κ3) is 2.01. The summed E-state index contributed by atoms with van der Waals surface area (Å²) in [5.74, 6) is 0. The first kappa shape index (κ1) is 9.13. The van der Waals surface area contributed by atoms with Gasteiger partial charge in [-0.05, 0) is 26.0 Å². The van der Waals surface area contributed by atoms with Crippen molar-refractivity contribution >= 4 is 11.6 Å². The first-order valence-electron chi connectivity index (χ1n) is 3.60. The normalized spacial score (nSPS) is 12.6. The van der Waals surface area contributed by atoms with Gasteiger partial charge in [-0.15, -0.1) is 0 Å². The van der Waals surface area contributed by atoms with Gasteiger partial charge >= 0.3 is 0 Å². The van der Waals surface area contributed by atoms with Crippen molar-refractivity contribution in [2.24, 2.45) is 5.18 Å². The summed E-state index contributed by atoms with van der Waals surface area (Å²) in [6.07, 6.45) is 0. The van der Waals surface area contributed by atoms with Gasteiger partial charge in [0.2, 0.25) is 0 Å². The van der Waals surface area contributed by atoms with Crippen molar-refractivity contribution in [1.82, 2.24) is 4.98 Å². The summed E-state index contributed by atoms with van der Waals surface area (Å²) in [5.41, 5.74) is 1.42. The van der Waals surface area contributed by atoms with Crippen LogP contribution in [0.4, 0.5) is 0 Å². The second-order valence-corrected chi connectivity index (χ2v) is 3.07. The molecule has 0 radical (unpaired) electrons. The monoisotopic (exact) mass is 184 g/mol. The molecule has 0 aliphatic rings. The Morgan fingerprint density at radius 2 is 2.25 bits per heavy atom. The maximum absolute atomic E-state index is 10.2. The minimum Gasteiger partial charge on any atom is -0.256 e. The minimum absolute atomic E-state index is 0.428. The molecular weight excluding hydrogens is 176 g/mol. The molecule has 0 aromatic carbocycles. The molecule has 0 aliphatic heterocycles. The number of aromatic nitrogens is 1. The molecule has 1 rings (SSSR count). The van der Waals surface area contributed by atoms with Crippen molar-refractivity contribution in [3.8, 4) is 0 Å². The first-order valence-corrected chi connectivity index (χ1v) is 3.98. The minimum atomic E-state index is -0.428. The highest BCUT2D eigenvalue weighted by atomic mass is 35.5. The van der Waals surface area contributed by atoms with Gasteiger partial charge in [0, 0.05) is 10.7 Å². The maximum atomic E-state index is 10.2. The Morgan fingerprint density at radius 3 is 2.75 bits per heavy atom. The lowest BCUT2D eigenvalue weighted by Crippen LogP contribution is -1.94. The Balaban J connectivity index is 3.08. The van der Waals surface area contributed by atoms with Crippen LogP contribution < -0.4 is 0 Å². The molecule has 0 bridgehead atoms. The highest BCUT2D eigenvalue weighted by molar-refractivity contribution is 6.30. The summed E-state index contributed by atoms with van der Waals surface area (Å²) in [4.78, 5) is 14.3. The molecule has 12 heavy (non-hydrogen) atoms. The van der Waals surface area contributed by atoms with Crippen LogP contribution in [0.25, 0.3) is 0 Å². The summed E-state index contributed by atoms with van der Waals surface area (Å²) < 4.78 is 0. The number of halogens is 1. The fourth-order valence-electron chi connectivity index (χ4n) is 0.919. The summed E-state index contributed by atoms with van der Waals surface area (Å²) in [6, 6.07) is 2.96. The number of hydrogen-bond donors (Lipinski definition) is 0. The van der Waals surface area contributed by atoms with Crippen LogP contribution in [0.2, 0.25) is 5.02 Å². The van der Waals surface area contributed by atoms with Gasteiger partial charge in [0.25, 0.3) is 0 Å². The van der Waals surface area contributed by atoms with Gasteiger partial charge in [-0.25, -0.2) is 0 Å². The van der Waals surface area contributed by atoms with E-state index in [9.17, 15) is 4.91 Å². The average molecular weight is 185 g/mol. The molecular formula is C8H9ClN2O. The second-order valence-electron chi connectivity index (χ2n) is 2.63. The molecule has 0 N–H and O–H groups in total. The van der Waals surface area contributed by atoms with E-state index in [2.05, 4.69) is 10.2 Å². The molecule has 0 saturated heterocycles. The van der Waals surface area contributed by atoms with Gasteiger partial charge in [0.1, 0.15) is 6.04 Å². The van der Waals surface area contributed by atoms with E-state index in [4.69, 9.17) is 11.6 Å². The Hall–Kier alpha value is -0.960. The van der Waals surface area contributed by atoms with Gasteiger partial charge in [-0.2, -0.15) is 4.91 Å². The molecule has 1 unspecified atom stereocenters. The molecule has 1 atom stereocenters. The van der Waals surface area contributed by atoms with Crippen molar-refractivity contribution < 1.29 is 0 Å². The molecule has 0 saturated carbocycles. The van der Waals surface area contributed by atoms with Crippen LogP contribution >= 0.6 is 11.6 Å². The van der Waals surface area contributed by atoms with Crippen molar-refractivity contribution in [3.05, 3.63) is 33.5 Å². The summed E-state index contributed by atoms with van der Waals surface area (Å²) >= 11 is 5.77. The van der Waals surface area contributed by atoms with E-state index in [0.29, 0.717) is 10.7 Å². The van der Waals surface area contributed by atoms with E-state index in [-0.39, 0.29) is 0 Å². The molecule has 0 amide bonds. The third-order valence-corrected chi connectivity index (χ3v) is 1.74. The fourth-order valence-corrected chi connectivity index (χ4v) is 1.19. The van der Waals surface area contributed by atoms with E-state index in [1.54, 1.807) is 19.1 Å². The predicted octanol–water partition coefficient (Wildman–Crippen LogP) is 2.87. The highest BCUT2D eigenvalue weighted by Crippen LogP contribution is 2.18. The van der Waals surface area contributed by atoms with E-state index in [0.717, 1.165) is 5.69 Å². The lowest BCUT2D eigenvalue weighted by Gasteiger charge is -2.03. The van der Waals surface area contributed by atoms with Crippen molar-refractivity contribution in [3.63, 3.8) is 0 Å². The number of aryl methyl sites for hydroxylation is 1. The Bertz CT molecular complexity index is 281. The molecule has 0 aliphatic carbocycles. The van der Waals surface area contributed by atoms with E-state index >= 15 is 0 Å². The molecule has 3 nitrogen and oxygen atoms in total. The lowest BCUT2D eigenvalue weighted by molar-refractivity contribution is 0.770. The van der Waals surface area contributed by atoms with Crippen LogP contribution in [-0.2, 0) is 0 Å². The molecule has 1 aromatic heterocycles. The SMILES string of the molecule is Cc1cc(Cl)cc(C(C)N=O)n1. The van der Waals surface area contributed by atoms with Crippen molar-refractivity contribution in [1.29, 1.82) is 0 Å². The summed E-state index contributed by atoms with van der Waals surface area (Å²) in [7, 11) is 0. The summed E-state index contributed by atoms with van der Waals surface area (Å²) in [5, 5.41) is 3.46. The van der Waals surface area contributed by atoms with Crippen LogP contribution in [0.3, 0.4) is 0 Å². The largest absolute Gasteiger partial charge is 0.256 e. The third-order valence-electron chi connectivity index (χ3n) is 1.52. The summed E-state index contributed by atoms with van der Waals surface area (Å²) in [6.45, 7) is 3.51. The highest BCUT2D eigenvalue weighted by Gasteiger charge is 2.07.